The fourth-order valence-electron chi connectivity index (χ4n) is 2.30. The molecule has 1 spiro atoms. The van der Waals surface area contributed by atoms with E-state index < -0.39 is 0 Å². The van der Waals surface area contributed by atoms with Gasteiger partial charge in [-0.15, -0.1) is 0 Å². The lowest BCUT2D eigenvalue weighted by Crippen LogP contribution is -2.63. The summed E-state index contributed by atoms with van der Waals surface area (Å²) in [7, 11) is 0. The van der Waals surface area contributed by atoms with Gasteiger partial charge < -0.3 is 20.1 Å². The first-order valence-corrected chi connectivity index (χ1v) is 5.70. The van der Waals surface area contributed by atoms with Crippen molar-refractivity contribution in [3.8, 4) is 0 Å². The molecule has 0 radical (unpaired) electrons. The quantitative estimate of drug-likeness (QED) is 0.742. The van der Waals surface area contributed by atoms with E-state index in [0.29, 0.717) is 19.8 Å². The predicted octanol–water partition coefficient (Wildman–Crippen LogP) is 1.01. The van der Waals surface area contributed by atoms with Gasteiger partial charge in [-0.25, -0.2) is 4.39 Å². The molecule has 0 saturated carbocycles. The van der Waals surface area contributed by atoms with Gasteiger partial charge >= 0.3 is 0 Å². The number of hydrogen-bond donors (Lipinski definition) is 1. The van der Waals surface area contributed by atoms with Gasteiger partial charge in [0.2, 0.25) is 0 Å². The van der Waals surface area contributed by atoms with Crippen LogP contribution in [0.4, 0.5) is 15.8 Å². The maximum absolute atomic E-state index is 13.1. The van der Waals surface area contributed by atoms with Crippen LogP contribution in [0.2, 0.25) is 0 Å². The zero-order valence-corrected chi connectivity index (χ0v) is 9.49. The van der Waals surface area contributed by atoms with Crippen molar-refractivity contribution in [3.05, 3.63) is 24.0 Å². The monoisotopic (exact) mass is 238 g/mol. The number of morpholine rings is 1. The Balaban J connectivity index is 1.81. The molecular weight excluding hydrogens is 223 g/mol. The number of rotatable bonds is 1. The summed E-state index contributed by atoms with van der Waals surface area (Å²) in [5.41, 5.74) is 6.55. The molecule has 3 rings (SSSR count). The van der Waals surface area contributed by atoms with Gasteiger partial charge in [-0.2, -0.15) is 0 Å². The van der Waals surface area contributed by atoms with Crippen LogP contribution < -0.4 is 10.6 Å². The number of nitrogen functional groups attached to an aromatic ring is 1. The van der Waals surface area contributed by atoms with Gasteiger partial charge in [0.25, 0.3) is 0 Å². The summed E-state index contributed by atoms with van der Waals surface area (Å²) in [6, 6.07) is 4.84. The van der Waals surface area contributed by atoms with E-state index in [2.05, 4.69) is 4.90 Å². The number of benzene rings is 1. The fourth-order valence-corrected chi connectivity index (χ4v) is 2.30. The van der Waals surface area contributed by atoms with Crippen LogP contribution in [0.1, 0.15) is 0 Å². The normalized spacial score (nSPS) is 22.5. The minimum absolute atomic E-state index is 0.165. The Morgan fingerprint density at radius 2 is 2.18 bits per heavy atom. The highest BCUT2D eigenvalue weighted by Gasteiger charge is 2.43. The van der Waals surface area contributed by atoms with Crippen LogP contribution in [0.5, 0.6) is 0 Å². The molecule has 0 unspecified atom stereocenters. The number of anilines is 2. The molecule has 0 aliphatic carbocycles. The van der Waals surface area contributed by atoms with Gasteiger partial charge in [0.15, 0.2) is 0 Å². The summed E-state index contributed by atoms with van der Waals surface area (Å²) in [6.07, 6.45) is 0. The minimum atomic E-state index is -0.372. The molecule has 0 amide bonds. The van der Waals surface area contributed by atoms with Crippen molar-refractivity contribution in [1.82, 2.24) is 0 Å². The van der Waals surface area contributed by atoms with Crippen LogP contribution in [0.15, 0.2) is 18.2 Å². The molecule has 2 heterocycles. The molecule has 2 aliphatic rings. The Morgan fingerprint density at radius 1 is 1.35 bits per heavy atom. The van der Waals surface area contributed by atoms with Crippen molar-refractivity contribution in [2.45, 2.75) is 5.60 Å². The summed E-state index contributed by atoms with van der Waals surface area (Å²) in [4.78, 5) is 2.17. The minimum Gasteiger partial charge on any atom is -0.396 e. The third kappa shape index (κ3) is 1.85. The van der Waals surface area contributed by atoms with Crippen LogP contribution >= 0.6 is 0 Å². The first kappa shape index (κ1) is 10.8. The van der Waals surface area contributed by atoms with Crippen molar-refractivity contribution in [2.24, 2.45) is 0 Å². The molecule has 2 N–H and O–H groups in total. The average molecular weight is 238 g/mol. The molecule has 2 fully saturated rings. The number of nitrogens with zero attached hydrogens (tertiary/aromatic N) is 1. The van der Waals surface area contributed by atoms with Crippen molar-refractivity contribution in [2.75, 3.05) is 43.5 Å². The molecular formula is C12H15FN2O2. The lowest BCUT2D eigenvalue weighted by molar-refractivity contribution is -0.211. The smallest absolute Gasteiger partial charge is 0.146 e. The highest BCUT2D eigenvalue weighted by molar-refractivity contribution is 5.57. The van der Waals surface area contributed by atoms with Gasteiger partial charge in [0.05, 0.1) is 32.1 Å². The second-order valence-corrected chi connectivity index (χ2v) is 4.65. The largest absolute Gasteiger partial charge is 0.396 e. The molecule has 1 aromatic rings. The molecule has 2 saturated heterocycles. The lowest BCUT2D eigenvalue weighted by atomic mass is 9.99. The summed E-state index contributed by atoms with van der Waals surface area (Å²) in [5, 5.41) is 0. The topological polar surface area (TPSA) is 47.7 Å². The van der Waals surface area contributed by atoms with Crippen LogP contribution in [0.25, 0.3) is 0 Å². The van der Waals surface area contributed by atoms with Crippen LogP contribution in [0.3, 0.4) is 0 Å². The number of ether oxygens (including phenoxy) is 2. The molecule has 2 aliphatic heterocycles. The third-order valence-corrected chi connectivity index (χ3v) is 3.32. The first-order valence-electron chi connectivity index (χ1n) is 5.70. The Hall–Kier alpha value is -1.33. The molecule has 0 atom stereocenters. The Bertz CT molecular complexity index is 435. The van der Waals surface area contributed by atoms with E-state index in [0.717, 1.165) is 18.8 Å². The maximum Gasteiger partial charge on any atom is 0.146 e. The standard InChI is InChI=1S/C12H15FN2O2/c13-10-2-1-9(5-11(10)14)15-3-4-17-12(6-15)7-16-8-12/h1-2,5H,3-4,6-8,14H2. The van der Waals surface area contributed by atoms with Gasteiger partial charge in [0, 0.05) is 12.2 Å². The van der Waals surface area contributed by atoms with Gasteiger partial charge in [-0.3, -0.25) is 0 Å². The highest BCUT2D eigenvalue weighted by Crippen LogP contribution is 2.30. The first-order chi connectivity index (χ1) is 8.19. The van der Waals surface area contributed by atoms with E-state index >= 15 is 0 Å². The molecule has 17 heavy (non-hydrogen) atoms. The van der Waals surface area contributed by atoms with Crippen LogP contribution in [0, 0.1) is 5.82 Å². The fraction of sp³-hybridized carbons (Fsp3) is 0.500. The Morgan fingerprint density at radius 3 is 2.82 bits per heavy atom. The van der Waals surface area contributed by atoms with E-state index in [1.807, 2.05) is 0 Å². The predicted molar refractivity (Wildman–Crippen MR) is 62.5 cm³/mol. The number of halogens is 1. The zero-order chi connectivity index (χ0) is 11.9. The van der Waals surface area contributed by atoms with Crippen molar-refractivity contribution < 1.29 is 13.9 Å². The summed E-state index contributed by atoms with van der Waals surface area (Å²) >= 11 is 0. The van der Waals surface area contributed by atoms with Crippen LogP contribution in [-0.4, -0.2) is 38.5 Å². The second kappa shape index (κ2) is 3.85. The Labute approximate surface area is 99.1 Å². The molecule has 92 valence electrons. The van der Waals surface area contributed by atoms with E-state index in [4.69, 9.17) is 15.2 Å². The summed E-state index contributed by atoms with van der Waals surface area (Å²) in [6.45, 7) is 3.52. The molecule has 1 aromatic carbocycles. The molecule has 5 heteroatoms. The van der Waals surface area contributed by atoms with Gasteiger partial charge in [-0.05, 0) is 18.2 Å². The van der Waals surface area contributed by atoms with Crippen molar-refractivity contribution in [1.29, 1.82) is 0 Å². The van der Waals surface area contributed by atoms with Crippen molar-refractivity contribution >= 4 is 11.4 Å². The van der Waals surface area contributed by atoms with E-state index in [-0.39, 0.29) is 17.1 Å². The number of nitrogens with two attached hydrogens (primary N) is 1. The Kier molecular flexibility index (Phi) is 2.45. The molecule has 4 nitrogen and oxygen atoms in total. The summed E-state index contributed by atoms with van der Waals surface area (Å²) in [5.74, 6) is -0.372. The van der Waals surface area contributed by atoms with Gasteiger partial charge in [0.1, 0.15) is 11.4 Å². The zero-order valence-electron chi connectivity index (χ0n) is 9.49. The maximum atomic E-state index is 13.1. The van der Waals surface area contributed by atoms with E-state index in [9.17, 15) is 4.39 Å². The lowest BCUT2D eigenvalue weighted by Gasteiger charge is -2.48. The van der Waals surface area contributed by atoms with Crippen molar-refractivity contribution in [3.63, 3.8) is 0 Å². The van der Waals surface area contributed by atoms with E-state index in [1.165, 1.54) is 6.07 Å². The molecule has 0 aromatic heterocycles. The van der Waals surface area contributed by atoms with Crippen LogP contribution in [-0.2, 0) is 9.47 Å². The van der Waals surface area contributed by atoms with Gasteiger partial charge in [-0.1, -0.05) is 0 Å². The summed E-state index contributed by atoms with van der Waals surface area (Å²) < 4.78 is 24.0. The second-order valence-electron chi connectivity index (χ2n) is 4.65. The number of hydrogen-bond acceptors (Lipinski definition) is 4. The van der Waals surface area contributed by atoms with E-state index in [1.54, 1.807) is 12.1 Å². The SMILES string of the molecule is Nc1cc(N2CCOC3(COC3)C2)ccc1F. The third-order valence-electron chi connectivity index (χ3n) is 3.32. The average Bonchev–Trinajstić information content (AvgIpc) is 2.31. The molecule has 0 bridgehead atoms. The highest BCUT2D eigenvalue weighted by atomic mass is 19.1.